The molecule has 1 aromatic heterocycles. The Morgan fingerprint density at radius 2 is 2.18 bits per heavy atom. The first-order valence-electron chi connectivity index (χ1n) is 6.71. The molecule has 6 nitrogen and oxygen atoms in total. The van der Waals surface area contributed by atoms with E-state index in [0.29, 0.717) is 6.54 Å². The Bertz CT molecular complexity index is 613. The molecule has 1 heterocycles. The molecule has 0 amide bonds. The largest absolute Gasteiger partial charge is 0.356 e. The van der Waals surface area contributed by atoms with Crippen molar-refractivity contribution in [3.8, 4) is 0 Å². The van der Waals surface area contributed by atoms with Crippen molar-refractivity contribution in [2.24, 2.45) is 12.0 Å². The predicted octanol–water partition coefficient (Wildman–Crippen LogP) is 1.99. The summed E-state index contributed by atoms with van der Waals surface area (Å²) in [5, 5.41) is 15.1. The SMILES string of the molecule is CN=C(NCCc1cccc(Cl)c1)NCc1nncn1C.I. The van der Waals surface area contributed by atoms with Crippen LogP contribution in [0.15, 0.2) is 35.6 Å². The van der Waals surface area contributed by atoms with Gasteiger partial charge in [0.25, 0.3) is 0 Å². The van der Waals surface area contributed by atoms with Gasteiger partial charge >= 0.3 is 0 Å². The molecular weight excluding hydrogens is 415 g/mol. The summed E-state index contributed by atoms with van der Waals surface area (Å²) in [5.41, 5.74) is 1.19. The fourth-order valence-electron chi connectivity index (χ4n) is 1.87. The molecule has 22 heavy (non-hydrogen) atoms. The van der Waals surface area contributed by atoms with Crippen molar-refractivity contribution in [1.82, 2.24) is 25.4 Å². The van der Waals surface area contributed by atoms with Crippen LogP contribution in [0.4, 0.5) is 0 Å². The summed E-state index contributed by atoms with van der Waals surface area (Å²) in [6.07, 6.45) is 2.55. The van der Waals surface area contributed by atoms with Gasteiger partial charge in [-0.1, -0.05) is 23.7 Å². The number of aliphatic imine (C=N–C) groups is 1. The molecule has 2 rings (SSSR count). The lowest BCUT2D eigenvalue weighted by Crippen LogP contribution is -2.38. The van der Waals surface area contributed by atoms with Gasteiger partial charge in [0, 0.05) is 25.7 Å². The summed E-state index contributed by atoms with van der Waals surface area (Å²) in [5.74, 6) is 1.59. The van der Waals surface area contributed by atoms with Gasteiger partial charge in [-0.15, -0.1) is 34.2 Å². The van der Waals surface area contributed by atoms with Crippen molar-refractivity contribution >= 4 is 41.5 Å². The fraction of sp³-hybridized carbons (Fsp3) is 0.357. The third kappa shape index (κ3) is 5.80. The Morgan fingerprint density at radius 3 is 2.82 bits per heavy atom. The van der Waals surface area contributed by atoms with Crippen LogP contribution in [-0.4, -0.2) is 34.3 Å². The maximum Gasteiger partial charge on any atom is 0.191 e. The van der Waals surface area contributed by atoms with Crippen molar-refractivity contribution in [1.29, 1.82) is 0 Å². The standard InChI is InChI=1S/C14H19ClN6.HI/c1-16-14(18-9-13-20-19-10-21(13)2)17-7-6-11-4-3-5-12(15)8-11;/h3-5,8,10H,6-7,9H2,1-2H3,(H2,16,17,18);1H. The Hall–Kier alpha value is -1.35. The van der Waals surface area contributed by atoms with Gasteiger partial charge in [-0.25, -0.2) is 0 Å². The van der Waals surface area contributed by atoms with Crippen LogP contribution in [0.25, 0.3) is 0 Å². The van der Waals surface area contributed by atoms with E-state index in [1.165, 1.54) is 5.56 Å². The smallest absolute Gasteiger partial charge is 0.191 e. The summed E-state index contributed by atoms with van der Waals surface area (Å²) >= 11 is 5.96. The Labute approximate surface area is 152 Å². The summed E-state index contributed by atoms with van der Waals surface area (Å²) < 4.78 is 1.87. The van der Waals surface area contributed by atoms with Crippen molar-refractivity contribution in [2.45, 2.75) is 13.0 Å². The number of guanidine groups is 1. The molecule has 0 bridgehead atoms. The Kier molecular flexibility index (Phi) is 8.18. The van der Waals surface area contributed by atoms with Crippen molar-refractivity contribution in [3.05, 3.63) is 47.0 Å². The highest BCUT2D eigenvalue weighted by Crippen LogP contribution is 2.10. The van der Waals surface area contributed by atoms with E-state index in [4.69, 9.17) is 11.6 Å². The molecule has 0 atom stereocenters. The molecule has 0 aliphatic rings. The van der Waals surface area contributed by atoms with Crippen LogP contribution in [0.2, 0.25) is 5.02 Å². The minimum Gasteiger partial charge on any atom is -0.356 e. The van der Waals surface area contributed by atoms with Crippen LogP contribution in [0, 0.1) is 0 Å². The predicted molar refractivity (Wildman–Crippen MR) is 99.8 cm³/mol. The van der Waals surface area contributed by atoms with Gasteiger partial charge in [0.05, 0.1) is 6.54 Å². The molecule has 0 fully saturated rings. The summed E-state index contributed by atoms with van der Waals surface area (Å²) in [4.78, 5) is 4.18. The van der Waals surface area contributed by atoms with Gasteiger partial charge in [-0.05, 0) is 24.1 Å². The topological polar surface area (TPSA) is 67.1 Å². The number of benzene rings is 1. The van der Waals surface area contributed by atoms with Crippen molar-refractivity contribution in [3.63, 3.8) is 0 Å². The molecule has 2 aromatic rings. The van der Waals surface area contributed by atoms with Crippen LogP contribution >= 0.6 is 35.6 Å². The number of aryl methyl sites for hydroxylation is 1. The van der Waals surface area contributed by atoms with Crippen LogP contribution in [0.1, 0.15) is 11.4 Å². The highest BCUT2D eigenvalue weighted by molar-refractivity contribution is 14.0. The Balaban J connectivity index is 0.00000242. The second-order valence-electron chi connectivity index (χ2n) is 4.59. The lowest BCUT2D eigenvalue weighted by molar-refractivity contribution is 0.723. The summed E-state index contributed by atoms with van der Waals surface area (Å²) in [7, 11) is 3.65. The van der Waals surface area contributed by atoms with Gasteiger partial charge in [0.15, 0.2) is 11.8 Å². The lowest BCUT2D eigenvalue weighted by atomic mass is 10.1. The van der Waals surface area contributed by atoms with E-state index >= 15 is 0 Å². The quantitative estimate of drug-likeness (QED) is 0.429. The minimum absolute atomic E-state index is 0. The maximum absolute atomic E-state index is 5.96. The van der Waals surface area contributed by atoms with Gasteiger partial charge < -0.3 is 15.2 Å². The summed E-state index contributed by atoms with van der Waals surface area (Å²) in [6, 6.07) is 7.86. The van der Waals surface area contributed by atoms with Crippen LogP contribution in [-0.2, 0) is 20.0 Å². The van der Waals surface area contributed by atoms with E-state index in [2.05, 4.69) is 31.9 Å². The van der Waals surface area contributed by atoms with Gasteiger partial charge in [-0.3, -0.25) is 4.99 Å². The third-order valence-corrected chi connectivity index (χ3v) is 3.27. The zero-order chi connectivity index (χ0) is 15.1. The number of aromatic nitrogens is 3. The number of nitrogens with one attached hydrogen (secondary N) is 2. The van der Waals surface area contributed by atoms with Gasteiger partial charge in [0.1, 0.15) is 6.33 Å². The normalized spacial score (nSPS) is 11.0. The van der Waals surface area contributed by atoms with Crippen LogP contribution in [0.5, 0.6) is 0 Å². The molecule has 0 aliphatic heterocycles. The van der Waals surface area contributed by atoms with Gasteiger partial charge in [-0.2, -0.15) is 0 Å². The fourth-order valence-corrected chi connectivity index (χ4v) is 2.08. The monoisotopic (exact) mass is 434 g/mol. The molecule has 2 N–H and O–H groups in total. The van der Waals surface area contributed by atoms with E-state index in [9.17, 15) is 0 Å². The second-order valence-corrected chi connectivity index (χ2v) is 5.03. The molecule has 0 radical (unpaired) electrons. The molecule has 0 saturated carbocycles. The molecule has 0 aliphatic carbocycles. The maximum atomic E-state index is 5.96. The molecule has 0 unspecified atom stereocenters. The van der Waals surface area contributed by atoms with Crippen molar-refractivity contribution < 1.29 is 0 Å². The van der Waals surface area contributed by atoms with Crippen LogP contribution < -0.4 is 10.6 Å². The van der Waals surface area contributed by atoms with Crippen LogP contribution in [0.3, 0.4) is 0 Å². The second kappa shape index (κ2) is 9.62. The molecule has 120 valence electrons. The average Bonchev–Trinajstić information content (AvgIpc) is 2.88. The number of hydrogen-bond donors (Lipinski definition) is 2. The average molecular weight is 435 g/mol. The van der Waals surface area contributed by atoms with Crippen molar-refractivity contribution in [2.75, 3.05) is 13.6 Å². The highest BCUT2D eigenvalue weighted by atomic mass is 127. The number of halogens is 2. The zero-order valence-corrected chi connectivity index (χ0v) is 15.7. The van der Waals surface area contributed by atoms with E-state index in [1.807, 2.05) is 29.8 Å². The minimum atomic E-state index is 0. The first-order chi connectivity index (χ1) is 10.2. The summed E-state index contributed by atoms with van der Waals surface area (Å²) in [6.45, 7) is 1.35. The highest BCUT2D eigenvalue weighted by Gasteiger charge is 2.02. The first-order valence-corrected chi connectivity index (χ1v) is 7.08. The molecule has 0 saturated heterocycles. The number of rotatable bonds is 5. The van der Waals surface area contributed by atoms with E-state index in [1.54, 1.807) is 13.4 Å². The molecular formula is C14H20ClIN6. The number of nitrogens with zero attached hydrogens (tertiary/aromatic N) is 4. The Morgan fingerprint density at radius 1 is 1.36 bits per heavy atom. The molecule has 0 spiro atoms. The number of hydrogen-bond acceptors (Lipinski definition) is 3. The lowest BCUT2D eigenvalue weighted by Gasteiger charge is -2.11. The van der Waals surface area contributed by atoms with E-state index < -0.39 is 0 Å². The first kappa shape index (κ1) is 18.7. The zero-order valence-electron chi connectivity index (χ0n) is 12.6. The van der Waals surface area contributed by atoms with Gasteiger partial charge in [0.2, 0.25) is 0 Å². The molecule has 8 heteroatoms. The van der Waals surface area contributed by atoms with E-state index in [0.717, 1.165) is 29.8 Å². The third-order valence-electron chi connectivity index (χ3n) is 3.04. The molecule has 1 aromatic carbocycles. The van der Waals surface area contributed by atoms with E-state index in [-0.39, 0.29) is 24.0 Å².